The molecule has 1 aliphatic heterocycles. The van der Waals surface area contributed by atoms with Crippen LogP contribution in [0.1, 0.15) is 45.7 Å². The van der Waals surface area contributed by atoms with Crippen LogP contribution >= 0.6 is 0 Å². The number of nitrogens with one attached hydrogen (secondary N) is 1. The third kappa shape index (κ3) is 4.67. The second kappa shape index (κ2) is 8.51. The summed E-state index contributed by atoms with van der Waals surface area (Å²) in [6.45, 7) is 9.60. The Bertz CT molecular complexity index is 1050. The van der Waals surface area contributed by atoms with Crippen molar-refractivity contribution in [2.45, 2.75) is 58.0 Å². The van der Waals surface area contributed by atoms with E-state index in [9.17, 15) is 4.79 Å². The maximum atomic E-state index is 12.3. The molecule has 1 saturated heterocycles. The number of hydrogen-bond donors (Lipinski definition) is 1. The van der Waals surface area contributed by atoms with Gasteiger partial charge in [-0.2, -0.15) is 9.61 Å². The average Bonchev–Trinajstić information content (AvgIpc) is 3.19. The first-order valence-electron chi connectivity index (χ1n) is 10.6. The van der Waals surface area contributed by atoms with Crippen LogP contribution in [0.15, 0.2) is 35.4 Å². The highest BCUT2D eigenvalue weighted by Gasteiger charge is 2.23. The van der Waals surface area contributed by atoms with Crippen molar-refractivity contribution in [2.75, 3.05) is 25.0 Å². The molecule has 1 fully saturated rings. The molecule has 0 aliphatic carbocycles. The standard InChI is InChI=1S/C21H30N8O/c1-21(2,3)17-7-10-20(30)28(25-17)13-12-27-11-5-4-6-16(27)14-22-18-8-9-19-24-23-15-29(19)26-18/h7-10,15-16H,4-6,11-14H2,1-3H3,(H,22,26). The molecule has 9 heteroatoms. The Balaban J connectivity index is 1.39. The van der Waals surface area contributed by atoms with Gasteiger partial charge >= 0.3 is 0 Å². The Morgan fingerprint density at radius 2 is 1.97 bits per heavy atom. The quantitative estimate of drug-likeness (QED) is 0.664. The number of nitrogens with zero attached hydrogens (tertiary/aromatic N) is 7. The molecule has 0 spiro atoms. The van der Waals surface area contributed by atoms with Gasteiger partial charge in [0.2, 0.25) is 0 Å². The van der Waals surface area contributed by atoms with E-state index in [2.05, 4.69) is 51.4 Å². The van der Waals surface area contributed by atoms with Crippen LogP contribution in [0, 0.1) is 0 Å². The van der Waals surface area contributed by atoms with E-state index in [1.807, 2.05) is 18.2 Å². The molecule has 0 saturated carbocycles. The lowest BCUT2D eigenvalue weighted by Gasteiger charge is -2.36. The molecule has 0 radical (unpaired) electrons. The molecule has 3 aromatic rings. The van der Waals surface area contributed by atoms with Gasteiger partial charge < -0.3 is 5.32 Å². The van der Waals surface area contributed by atoms with Crippen molar-refractivity contribution in [1.82, 2.24) is 34.5 Å². The minimum Gasteiger partial charge on any atom is -0.367 e. The van der Waals surface area contributed by atoms with Gasteiger partial charge in [-0.3, -0.25) is 9.69 Å². The highest BCUT2D eigenvalue weighted by molar-refractivity contribution is 5.43. The third-order valence-corrected chi connectivity index (χ3v) is 5.66. The number of aromatic nitrogens is 6. The zero-order valence-corrected chi connectivity index (χ0v) is 18.0. The van der Waals surface area contributed by atoms with Gasteiger partial charge in [0.25, 0.3) is 5.56 Å². The molecule has 0 aromatic carbocycles. The number of rotatable bonds is 6. The summed E-state index contributed by atoms with van der Waals surface area (Å²) in [6.07, 6.45) is 5.14. The van der Waals surface area contributed by atoms with E-state index in [0.29, 0.717) is 12.6 Å². The topological polar surface area (TPSA) is 93.2 Å². The second-order valence-corrected chi connectivity index (χ2v) is 8.95. The fraction of sp³-hybridized carbons (Fsp3) is 0.571. The number of piperidine rings is 1. The van der Waals surface area contributed by atoms with Crippen LogP contribution in [0.5, 0.6) is 0 Å². The highest BCUT2D eigenvalue weighted by Crippen LogP contribution is 2.19. The van der Waals surface area contributed by atoms with Gasteiger partial charge in [0.15, 0.2) is 5.65 Å². The highest BCUT2D eigenvalue weighted by atomic mass is 16.1. The lowest BCUT2D eigenvalue weighted by atomic mass is 9.92. The number of anilines is 1. The maximum Gasteiger partial charge on any atom is 0.266 e. The number of hydrogen-bond acceptors (Lipinski definition) is 7. The molecule has 30 heavy (non-hydrogen) atoms. The molecule has 3 aromatic heterocycles. The normalized spacial score (nSPS) is 18.0. The lowest BCUT2D eigenvalue weighted by Crippen LogP contribution is -2.45. The summed E-state index contributed by atoms with van der Waals surface area (Å²) in [5, 5.41) is 20.4. The Kier molecular flexibility index (Phi) is 5.80. The Morgan fingerprint density at radius 3 is 2.80 bits per heavy atom. The smallest absolute Gasteiger partial charge is 0.266 e. The lowest BCUT2D eigenvalue weighted by molar-refractivity contribution is 0.147. The monoisotopic (exact) mass is 410 g/mol. The van der Waals surface area contributed by atoms with Gasteiger partial charge in [-0.25, -0.2) is 4.68 Å². The zero-order valence-electron chi connectivity index (χ0n) is 18.0. The van der Waals surface area contributed by atoms with E-state index in [-0.39, 0.29) is 11.0 Å². The van der Waals surface area contributed by atoms with Crippen molar-refractivity contribution in [3.8, 4) is 0 Å². The predicted octanol–water partition coefficient (Wildman–Crippen LogP) is 1.95. The predicted molar refractivity (Wildman–Crippen MR) is 116 cm³/mol. The van der Waals surface area contributed by atoms with Gasteiger partial charge in [0.05, 0.1) is 12.2 Å². The maximum absolute atomic E-state index is 12.3. The van der Waals surface area contributed by atoms with Gasteiger partial charge in [0.1, 0.15) is 12.1 Å². The molecule has 1 unspecified atom stereocenters. The van der Waals surface area contributed by atoms with E-state index < -0.39 is 0 Å². The first-order chi connectivity index (χ1) is 14.4. The summed E-state index contributed by atoms with van der Waals surface area (Å²) < 4.78 is 3.28. The molecule has 4 rings (SSSR count). The molecular formula is C21H30N8O. The van der Waals surface area contributed by atoms with Gasteiger partial charge in [-0.05, 0) is 37.6 Å². The van der Waals surface area contributed by atoms with Crippen LogP contribution in [0.2, 0.25) is 0 Å². The summed E-state index contributed by atoms with van der Waals surface area (Å²) in [4.78, 5) is 14.8. The van der Waals surface area contributed by atoms with Crippen molar-refractivity contribution in [1.29, 1.82) is 0 Å². The first-order valence-corrected chi connectivity index (χ1v) is 10.6. The molecule has 9 nitrogen and oxygen atoms in total. The van der Waals surface area contributed by atoms with Crippen LogP contribution in [0.4, 0.5) is 5.82 Å². The van der Waals surface area contributed by atoms with Crippen LogP contribution in [-0.2, 0) is 12.0 Å². The second-order valence-electron chi connectivity index (χ2n) is 8.95. The Morgan fingerprint density at radius 1 is 1.10 bits per heavy atom. The Labute approximate surface area is 176 Å². The van der Waals surface area contributed by atoms with Crippen LogP contribution in [0.25, 0.3) is 5.65 Å². The third-order valence-electron chi connectivity index (χ3n) is 5.66. The Hall–Kier alpha value is -2.81. The van der Waals surface area contributed by atoms with Crippen molar-refractivity contribution in [2.24, 2.45) is 0 Å². The number of fused-ring (bicyclic) bond motifs is 1. The minimum atomic E-state index is -0.0775. The number of likely N-dealkylation sites (tertiary alicyclic amines) is 1. The average molecular weight is 411 g/mol. The van der Waals surface area contributed by atoms with Crippen LogP contribution in [-0.4, -0.2) is 60.2 Å². The largest absolute Gasteiger partial charge is 0.367 e. The molecule has 4 heterocycles. The molecular weight excluding hydrogens is 380 g/mol. The van der Waals surface area contributed by atoms with Crippen molar-refractivity contribution >= 4 is 11.5 Å². The summed E-state index contributed by atoms with van der Waals surface area (Å²) in [5.41, 5.74) is 1.55. The van der Waals surface area contributed by atoms with E-state index in [1.54, 1.807) is 21.6 Å². The summed E-state index contributed by atoms with van der Waals surface area (Å²) >= 11 is 0. The van der Waals surface area contributed by atoms with E-state index in [4.69, 9.17) is 0 Å². The van der Waals surface area contributed by atoms with E-state index in [0.717, 1.165) is 43.2 Å². The molecule has 1 atom stereocenters. The van der Waals surface area contributed by atoms with Crippen molar-refractivity contribution in [3.63, 3.8) is 0 Å². The zero-order chi connectivity index (χ0) is 21.1. The summed E-state index contributed by atoms with van der Waals surface area (Å²) in [5.74, 6) is 0.809. The van der Waals surface area contributed by atoms with E-state index in [1.165, 1.54) is 12.8 Å². The molecule has 1 aliphatic rings. The first kappa shape index (κ1) is 20.5. The van der Waals surface area contributed by atoms with Gasteiger partial charge in [-0.1, -0.05) is 27.2 Å². The molecule has 0 bridgehead atoms. The summed E-state index contributed by atoms with van der Waals surface area (Å²) in [6, 6.07) is 7.71. The molecule has 160 valence electrons. The summed E-state index contributed by atoms with van der Waals surface area (Å²) in [7, 11) is 0. The van der Waals surface area contributed by atoms with Gasteiger partial charge in [-0.15, -0.1) is 15.3 Å². The van der Waals surface area contributed by atoms with Crippen molar-refractivity contribution in [3.05, 3.63) is 46.6 Å². The van der Waals surface area contributed by atoms with Gasteiger partial charge in [0, 0.05) is 30.6 Å². The SMILES string of the molecule is CC(C)(C)c1ccc(=O)n(CCN2CCCCC2CNc2ccc3nncn3n2)n1. The van der Waals surface area contributed by atoms with Crippen LogP contribution in [0.3, 0.4) is 0 Å². The fourth-order valence-corrected chi connectivity index (χ4v) is 3.86. The molecule has 1 N–H and O–H groups in total. The van der Waals surface area contributed by atoms with Crippen LogP contribution < -0.4 is 10.9 Å². The minimum absolute atomic E-state index is 0.0406. The van der Waals surface area contributed by atoms with E-state index >= 15 is 0 Å². The fourth-order valence-electron chi connectivity index (χ4n) is 3.86. The molecule has 0 amide bonds. The van der Waals surface area contributed by atoms with Crippen molar-refractivity contribution < 1.29 is 0 Å².